The van der Waals surface area contributed by atoms with Crippen molar-refractivity contribution in [1.82, 2.24) is 0 Å². The molecule has 0 spiro atoms. The number of benzene rings is 9. The summed E-state index contributed by atoms with van der Waals surface area (Å²) < 4.78 is 0. The first-order valence-electron chi connectivity index (χ1n) is 16.6. The van der Waals surface area contributed by atoms with Crippen molar-refractivity contribution in [3.05, 3.63) is 169 Å². The minimum atomic E-state index is -0.0748. The van der Waals surface area contributed by atoms with Crippen LogP contribution in [0.1, 0.15) is 25.0 Å². The van der Waals surface area contributed by atoms with Crippen molar-refractivity contribution in [3.8, 4) is 44.5 Å². The average Bonchev–Trinajstić information content (AvgIpc) is 3.34. The Hall–Kier alpha value is -5.72. The number of hydrogen-bond acceptors (Lipinski definition) is 0. The molecule has 0 saturated carbocycles. The first-order valence-corrected chi connectivity index (χ1v) is 16.6. The van der Waals surface area contributed by atoms with Crippen LogP contribution in [0.15, 0.2) is 158 Å². The highest BCUT2D eigenvalue weighted by molar-refractivity contribution is 6.25. The standard InChI is InChI=1S/C47H32/c1-47(2)43-28-36(20-23-39(43)42-26-33-11-6-7-12-34(33)27-44(42)47)35-19-22-38(41(25-35)29-9-4-3-5-10-29)37-21-17-32-16-15-30-13-8-14-31-18-24-40(37)46(32)45(30)31/h3-28H,1-2H3. The van der Waals surface area contributed by atoms with Gasteiger partial charge < -0.3 is 0 Å². The van der Waals surface area contributed by atoms with Gasteiger partial charge in [-0.15, -0.1) is 0 Å². The summed E-state index contributed by atoms with van der Waals surface area (Å²) in [5.41, 5.74) is 13.0. The van der Waals surface area contributed by atoms with Crippen molar-refractivity contribution in [2.24, 2.45) is 0 Å². The van der Waals surface area contributed by atoms with E-state index in [4.69, 9.17) is 0 Å². The maximum absolute atomic E-state index is 2.44. The molecule has 0 amide bonds. The summed E-state index contributed by atoms with van der Waals surface area (Å²) in [6.45, 7) is 4.76. The van der Waals surface area contributed by atoms with Gasteiger partial charge in [0.15, 0.2) is 0 Å². The maximum atomic E-state index is 2.44. The Morgan fingerprint density at radius 2 is 0.894 bits per heavy atom. The third kappa shape index (κ3) is 3.82. The first-order chi connectivity index (χ1) is 23.0. The Labute approximate surface area is 274 Å². The van der Waals surface area contributed by atoms with E-state index in [1.807, 2.05) is 0 Å². The van der Waals surface area contributed by atoms with Crippen molar-refractivity contribution in [2.75, 3.05) is 0 Å². The molecule has 0 N–H and O–H groups in total. The molecule has 0 aliphatic heterocycles. The largest absolute Gasteiger partial charge is 0.0622 e. The molecule has 0 radical (unpaired) electrons. The fourth-order valence-corrected chi connectivity index (χ4v) is 8.39. The van der Waals surface area contributed by atoms with Gasteiger partial charge in [-0.3, -0.25) is 0 Å². The van der Waals surface area contributed by atoms with E-state index in [1.165, 1.54) is 98.7 Å². The van der Waals surface area contributed by atoms with Gasteiger partial charge in [-0.05, 0) is 123 Å². The van der Waals surface area contributed by atoms with Gasteiger partial charge in [0.2, 0.25) is 0 Å². The smallest absolute Gasteiger partial charge is 0.0159 e. The van der Waals surface area contributed by atoms with Crippen LogP contribution in [0.3, 0.4) is 0 Å². The molecule has 0 heterocycles. The van der Waals surface area contributed by atoms with Crippen LogP contribution >= 0.6 is 0 Å². The third-order valence-corrected chi connectivity index (χ3v) is 10.8. The normalized spacial score (nSPS) is 13.5. The van der Waals surface area contributed by atoms with E-state index in [0.717, 1.165) is 0 Å². The van der Waals surface area contributed by atoms with Crippen molar-refractivity contribution in [2.45, 2.75) is 19.3 Å². The highest BCUT2D eigenvalue weighted by Gasteiger charge is 2.36. The quantitative estimate of drug-likeness (QED) is 0.178. The minimum Gasteiger partial charge on any atom is -0.0622 e. The minimum absolute atomic E-state index is 0.0748. The number of rotatable bonds is 3. The summed E-state index contributed by atoms with van der Waals surface area (Å²) in [5, 5.41) is 10.5. The average molecular weight is 597 g/mol. The molecular weight excluding hydrogens is 565 g/mol. The highest BCUT2D eigenvalue weighted by Crippen LogP contribution is 2.51. The highest BCUT2D eigenvalue weighted by atomic mass is 14.4. The molecule has 47 heavy (non-hydrogen) atoms. The summed E-state index contributed by atoms with van der Waals surface area (Å²) in [4.78, 5) is 0. The van der Waals surface area contributed by atoms with Gasteiger partial charge in [-0.1, -0.05) is 147 Å². The van der Waals surface area contributed by atoms with Crippen LogP contribution in [0.25, 0.3) is 87.6 Å². The van der Waals surface area contributed by atoms with Gasteiger partial charge >= 0.3 is 0 Å². The molecule has 0 fully saturated rings. The monoisotopic (exact) mass is 596 g/mol. The van der Waals surface area contributed by atoms with Gasteiger partial charge in [0, 0.05) is 5.41 Å². The second kappa shape index (κ2) is 9.64. The lowest BCUT2D eigenvalue weighted by Gasteiger charge is -2.22. The molecular formula is C47H32. The lowest BCUT2D eigenvalue weighted by molar-refractivity contribution is 0.661. The van der Waals surface area contributed by atoms with Crippen LogP contribution in [0, 0.1) is 0 Å². The Morgan fingerprint density at radius 1 is 0.319 bits per heavy atom. The molecule has 1 aliphatic rings. The van der Waals surface area contributed by atoms with E-state index in [0.29, 0.717) is 0 Å². The van der Waals surface area contributed by atoms with Crippen molar-refractivity contribution in [1.29, 1.82) is 0 Å². The molecule has 0 aromatic heterocycles. The van der Waals surface area contributed by atoms with Crippen LogP contribution in [-0.4, -0.2) is 0 Å². The second-order valence-corrected chi connectivity index (χ2v) is 13.7. The predicted molar refractivity (Wildman–Crippen MR) is 202 cm³/mol. The molecule has 0 saturated heterocycles. The van der Waals surface area contributed by atoms with E-state index in [-0.39, 0.29) is 5.41 Å². The Kier molecular flexibility index (Phi) is 5.44. The van der Waals surface area contributed by atoms with Gasteiger partial charge in [0.1, 0.15) is 0 Å². The van der Waals surface area contributed by atoms with Crippen LogP contribution < -0.4 is 0 Å². The summed E-state index contributed by atoms with van der Waals surface area (Å²) >= 11 is 0. The predicted octanol–water partition coefficient (Wildman–Crippen LogP) is 13.0. The molecule has 1 aliphatic carbocycles. The topological polar surface area (TPSA) is 0 Å². The summed E-state index contributed by atoms with van der Waals surface area (Å²) in [6, 6.07) is 59.0. The molecule has 9 aromatic carbocycles. The molecule has 0 nitrogen and oxygen atoms in total. The molecule has 10 rings (SSSR count). The summed E-state index contributed by atoms with van der Waals surface area (Å²) in [6.07, 6.45) is 0. The zero-order valence-electron chi connectivity index (χ0n) is 26.5. The Balaban J connectivity index is 1.16. The molecule has 0 unspecified atom stereocenters. The fraction of sp³-hybridized carbons (Fsp3) is 0.0638. The van der Waals surface area contributed by atoms with E-state index in [9.17, 15) is 0 Å². The first kappa shape index (κ1) is 26.5. The van der Waals surface area contributed by atoms with E-state index in [2.05, 4.69) is 172 Å². The number of hydrogen-bond donors (Lipinski definition) is 0. The molecule has 220 valence electrons. The molecule has 9 aromatic rings. The van der Waals surface area contributed by atoms with Crippen LogP contribution in [0.5, 0.6) is 0 Å². The lowest BCUT2D eigenvalue weighted by atomic mass is 9.81. The second-order valence-electron chi connectivity index (χ2n) is 13.7. The summed E-state index contributed by atoms with van der Waals surface area (Å²) in [7, 11) is 0. The molecule has 0 atom stereocenters. The molecule has 0 bridgehead atoms. The van der Waals surface area contributed by atoms with E-state index >= 15 is 0 Å². The third-order valence-electron chi connectivity index (χ3n) is 10.8. The van der Waals surface area contributed by atoms with Gasteiger partial charge in [0.25, 0.3) is 0 Å². The SMILES string of the molecule is CC1(C)c2cc(-c3ccc(-c4ccc5ccc6cccc7ccc4c5c67)c(-c4ccccc4)c3)ccc2-c2cc3ccccc3cc21. The van der Waals surface area contributed by atoms with Crippen molar-refractivity contribution in [3.63, 3.8) is 0 Å². The van der Waals surface area contributed by atoms with Crippen LogP contribution in [0.2, 0.25) is 0 Å². The van der Waals surface area contributed by atoms with E-state index in [1.54, 1.807) is 0 Å². The Bertz CT molecular complexity index is 2670. The van der Waals surface area contributed by atoms with Crippen molar-refractivity contribution < 1.29 is 0 Å². The van der Waals surface area contributed by atoms with Crippen LogP contribution in [0.4, 0.5) is 0 Å². The fourth-order valence-electron chi connectivity index (χ4n) is 8.39. The maximum Gasteiger partial charge on any atom is 0.0159 e. The summed E-state index contributed by atoms with van der Waals surface area (Å²) in [5.74, 6) is 0. The molecule has 0 heteroatoms. The van der Waals surface area contributed by atoms with E-state index < -0.39 is 0 Å². The van der Waals surface area contributed by atoms with Crippen molar-refractivity contribution >= 4 is 43.1 Å². The van der Waals surface area contributed by atoms with Gasteiger partial charge in [0.05, 0.1) is 0 Å². The van der Waals surface area contributed by atoms with Gasteiger partial charge in [-0.25, -0.2) is 0 Å². The number of fused-ring (bicyclic) bond motifs is 4. The van der Waals surface area contributed by atoms with Gasteiger partial charge in [-0.2, -0.15) is 0 Å². The van der Waals surface area contributed by atoms with Crippen LogP contribution in [-0.2, 0) is 5.41 Å². The lowest BCUT2D eigenvalue weighted by Crippen LogP contribution is -2.15. The zero-order valence-corrected chi connectivity index (χ0v) is 26.5. The Morgan fingerprint density at radius 3 is 1.68 bits per heavy atom. The zero-order chi connectivity index (χ0) is 31.3.